The van der Waals surface area contributed by atoms with Gasteiger partial charge in [0.05, 0.1) is 4.90 Å². The Bertz CT molecular complexity index is 658. The van der Waals surface area contributed by atoms with Gasteiger partial charge in [-0.25, -0.2) is 8.42 Å². The first-order chi connectivity index (χ1) is 9.35. The van der Waals surface area contributed by atoms with Gasteiger partial charge in [-0.3, -0.25) is 4.79 Å². The smallest absolute Gasteiger partial charge is 0.244 e. The Kier molecular flexibility index (Phi) is 4.07. The van der Waals surface area contributed by atoms with Crippen molar-refractivity contribution in [2.75, 3.05) is 6.54 Å². The summed E-state index contributed by atoms with van der Waals surface area (Å²) in [5, 5.41) is 0. The first-order valence-corrected chi connectivity index (χ1v) is 7.90. The van der Waals surface area contributed by atoms with Crippen molar-refractivity contribution in [3.63, 3.8) is 0 Å². The number of carbonyl (C=O) groups excluding carboxylic acids is 1. The summed E-state index contributed by atoms with van der Waals surface area (Å²) in [4.78, 5) is 11.4. The number of thiocarbonyl (C=S) groups is 1. The number of hydrogen-bond donors (Lipinski definition) is 2. The van der Waals surface area contributed by atoms with Gasteiger partial charge in [-0.1, -0.05) is 30.4 Å². The lowest BCUT2D eigenvalue weighted by Crippen LogP contribution is -2.44. The first-order valence-electron chi connectivity index (χ1n) is 6.05. The molecule has 2 rings (SSSR count). The Morgan fingerprint density at radius 1 is 1.30 bits per heavy atom. The number of primary amides is 1. The van der Waals surface area contributed by atoms with Crippen LogP contribution in [0.3, 0.4) is 0 Å². The summed E-state index contributed by atoms with van der Waals surface area (Å²) < 4.78 is 26.5. The molecular weight excluding hydrogens is 298 g/mol. The largest absolute Gasteiger partial charge is 0.389 e. The number of benzene rings is 1. The summed E-state index contributed by atoms with van der Waals surface area (Å²) in [6.07, 6.45) is 1.03. The Morgan fingerprint density at radius 2 is 1.95 bits per heavy atom. The summed E-state index contributed by atoms with van der Waals surface area (Å²) >= 11 is 4.88. The van der Waals surface area contributed by atoms with Crippen LogP contribution in [0.1, 0.15) is 18.4 Å². The van der Waals surface area contributed by atoms with Gasteiger partial charge in [0.25, 0.3) is 0 Å². The van der Waals surface area contributed by atoms with Crippen molar-refractivity contribution in [2.24, 2.45) is 11.5 Å². The van der Waals surface area contributed by atoms with E-state index in [0.717, 1.165) is 4.31 Å². The van der Waals surface area contributed by atoms with Crippen molar-refractivity contribution in [1.29, 1.82) is 0 Å². The number of carbonyl (C=O) groups is 1. The molecule has 4 N–H and O–H groups in total. The highest BCUT2D eigenvalue weighted by molar-refractivity contribution is 7.89. The lowest BCUT2D eigenvalue weighted by Gasteiger charge is -2.22. The van der Waals surface area contributed by atoms with E-state index in [1.54, 1.807) is 18.2 Å². The Morgan fingerprint density at radius 3 is 2.55 bits per heavy atom. The summed E-state index contributed by atoms with van der Waals surface area (Å²) in [6.45, 7) is 0.265. The molecule has 0 saturated carbocycles. The molecule has 1 heterocycles. The molecule has 1 aromatic rings. The van der Waals surface area contributed by atoms with Crippen LogP contribution in [-0.4, -0.2) is 36.2 Å². The molecule has 1 atom stereocenters. The van der Waals surface area contributed by atoms with E-state index >= 15 is 0 Å². The van der Waals surface area contributed by atoms with Crippen LogP contribution < -0.4 is 11.5 Å². The SMILES string of the molecule is NC(=O)C1CCCN1S(=O)(=O)c1ccccc1C(N)=S. The van der Waals surface area contributed by atoms with Gasteiger partial charge in [-0.15, -0.1) is 0 Å². The zero-order valence-corrected chi connectivity index (χ0v) is 12.3. The number of rotatable bonds is 4. The predicted octanol–water partition coefficient (Wildman–Crippen LogP) is -0.0408. The van der Waals surface area contributed by atoms with Gasteiger partial charge in [-0.2, -0.15) is 4.31 Å². The van der Waals surface area contributed by atoms with Gasteiger partial charge in [0.1, 0.15) is 11.0 Å². The van der Waals surface area contributed by atoms with Crippen LogP contribution in [0, 0.1) is 0 Å². The summed E-state index contributed by atoms with van der Waals surface area (Å²) in [5.74, 6) is -0.640. The van der Waals surface area contributed by atoms with Crippen LogP contribution in [0.4, 0.5) is 0 Å². The second-order valence-electron chi connectivity index (χ2n) is 4.54. The molecule has 1 amide bonds. The van der Waals surface area contributed by atoms with Gasteiger partial charge in [-0.05, 0) is 18.9 Å². The van der Waals surface area contributed by atoms with E-state index in [2.05, 4.69) is 0 Å². The van der Waals surface area contributed by atoms with Crippen LogP contribution in [0.25, 0.3) is 0 Å². The van der Waals surface area contributed by atoms with E-state index in [9.17, 15) is 13.2 Å². The molecule has 1 saturated heterocycles. The molecule has 1 aliphatic rings. The minimum Gasteiger partial charge on any atom is -0.389 e. The minimum atomic E-state index is -3.84. The maximum atomic E-state index is 12.7. The van der Waals surface area contributed by atoms with Crippen LogP contribution >= 0.6 is 12.2 Å². The summed E-state index contributed by atoms with van der Waals surface area (Å²) in [6, 6.07) is 5.41. The number of hydrogen-bond acceptors (Lipinski definition) is 4. The predicted molar refractivity (Wildman–Crippen MR) is 78.4 cm³/mol. The van der Waals surface area contributed by atoms with Crippen molar-refractivity contribution in [3.05, 3.63) is 29.8 Å². The molecule has 20 heavy (non-hydrogen) atoms. The molecular formula is C12H15N3O3S2. The topological polar surface area (TPSA) is 106 Å². The molecule has 0 aromatic heterocycles. The summed E-state index contributed by atoms with van der Waals surface area (Å²) in [7, 11) is -3.84. The van der Waals surface area contributed by atoms with E-state index in [1.807, 2.05) is 0 Å². The van der Waals surface area contributed by atoms with Gasteiger partial charge in [0.2, 0.25) is 15.9 Å². The fourth-order valence-electron chi connectivity index (χ4n) is 2.33. The second kappa shape index (κ2) is 5.47. The Labute approximate surface area is 122 Å². The highest BCUT2D eigenvalue weighted by atomic mass is 32.2. The lowest BCUT2D eigenvalue weighted by molar-refractivity contribution is -0.121. The van der Waals surface area contributed by atoms with E-state index in [0.29, 0.717) is 12.8 Å². The van der Waals surface area contributed by atoms with Gasteiger partial charge < -0.3 is 11.5 Å². The maximum Gasteiger partial charge on any atom is 0.244 e. The van der Waals surface area contributed by atoms with E-state index < -0.39 is 22.0 Å². The van der Waals surface area contributed by atoms with Crippen molar-refractivity contribution in [2.45, 2.75) is 23.8 Å². The molecule has 0 bridgehead atoms. The molecule has 1 unspecified atom stereocenters. The van der Waals surface area contributed by atoms with E-state index in [1.165, 1.54) is 6.07 Å². The van der Waals surface area contributed by atoms with Crippen molar-refractivity contribution in [3.8, 4) is 0 Å². The highest BCUT2D eigenvalue weighted by Gasteiger charge is 2.39. The third kappa shape index (κ3) is 2.54. The van der Waals surface area contributed by atoms with Gasteiger partial charge >= 0.3 is 0 Å². The average Bonchev–Trinajstić information content (AvgIpc) is 2.88. The molecule has 0 aliphatic carbocycles. The zero-order valence-electron chi connectivity index (χ0n) is 10.7. The Hall–Kier alpha value is -1.51. The van der Waals surface area contributed by atoms with Crippen LogP contribution in [0.5, 0.6) is 0 Å². The van der Waals surface area contributed by atoms with Gasteiger partial charge in [0, 0.05) is 12.1 Å². The van der Waals surface area contributed by atoms with Crippen molar-refractivity contribution in [1.82, 2.24) is 4.31 Å². The quantitative estimate of drug-likeness (QED) is 0.759. The number of amides is 1. The van der Waals surface area contributed by atoms with Crippen molar-refractivity contribution >= 4 is 33.1 Å². The third-order valence-corrected chi connectivity index (χ3v) is 5.46. The number of nitrogens with two attached hydrogens (primary N) is 2. The maximum absolute atomic E-state index is 12.7. The van der Waals surface area contributed by atoms with Crippen LogP contribution in [-0.2, 0) is 14.8 Å². The molecule has 108 valence electrons. The molecule has 6 nitrogen and oxygen atoms in total. The van der Waals surface area contributed by atoms with E-state index in [4.69, 9.17) is 23.7 Å². The molecule has 0 radical (unpaired) electrons. The molecule has 1 aliphatic heterocycles. The average molecular weight is 313 g/mol. The number of nitrogens with zero attached hydrogens (tertiary/aromatic N) is 1. The van der Waals surface area contributed by atoms with E-state index in [-0.39, 0.29) is 22.0 Å². The third-order valence-electron chi connectivity index (χ3n) is 3.27. The summed E-state index contributed by atoms with van der Waals surface area (Å²) in [5.41, 5.74) is 11.1. The second-order valence-corrected chi connectivity index (χ2v) is 6.84. The Balaban J connectivity index is 2.51. The number of sulfonamides is 1. The van der Waals surface area contributed by atoms with Gasteiger partial charge in [0.15, 0.2) is 0 Å². The monoisotopic (exact) mass is 313 g/mol. The standard InChI is InChI=1S/C12H15N3O3S2/c13-11(16)9-5-3-7-15(9)20(17,18)10-6-2-1-4-8(10)12(14)19/h1-2,4,6,9H,3,5,7H2,(H2,13,16)(H2,14,19). The molecule has 1 fully saturated rings. The fourth-order valence-corrected chi connectivity index (χ4v) is 4.45. The molecule has 0 spiro atoms. The fraction of sp³-hybridized carbons (Fsp3) is 0.333. The zero-order chi connectivity index (χ0) is 14.9. The minimum absolute atomic E-state index is 0.000929. The molecule has 8 heteroatoms. The highest BCUT2D eigenvalue weighted by Crippen LogP contribution is 2.27. The first kappa shape index (κ1) is 14.9. The van der Waals surface area contributed by atoms with Crippen molar-refractivity contribution < 1.29 is 13.2 Å². The normalized spacial score (nSPS) is 19.9. The van der Waals surface area contributed by atoms with Crippen LogP contribution in [0.2, 0.25) is 0 Å². The van der Waals surface area contributed by atoms with Crippen LogP contribution in [0.15, 0.2) is 29.2 Å². The molecule has 1 aromatic carbocycles. The lowest BCUT2D eigenvalue weighted by atomic mass is 10.2.